The number of aromatic nitrogens is 2. The molecule has 6 nitrogen and oxygen atoms in total. The minimum absolute atomic E-state index is 0.00576. The molecule has 1 aliphatic heterocycles. The number of imidazole rings is 1. The highest BCUT2D eigenvalue weighted by Gasteiger charge is 2.28. The molecule has 0 aliphatic carbocycles. The predicted molar refractivity (Wildman–Crippen MR) is 126 cm³/mol. The zero-order valence-corrected chi connectivity index (χ0v) is 18.8. The van der Waals surface area contributed by atoms with E-state index in [1.54, 1.807) is 0 Å². The number of fused-ring (bicyclic) bond motifs is 1. The van der Waals surface area contributed by atoms with Crippen LogP contribution < -0.4 is 11.0 Å². The topological polar surface area (TPSA) is 70.1 Å². The monoisotopic (exact) mass is 420 g/mol. The molecule has 31 heavy (non-hydrogen) atoms. The number of nitrogens with zero attached hydrogens (tertiary/aromatic N) is 2. The molecule has 3 aromatic rings. The molecular formula is C25H32N4O2. The van der Waals surface area contributed by atoms with Crippen LogP contribution in [0, 0.1) is 0 Å². The van der Waals surface area contributed by atoms with E-state index in [1.807, 2.05) is 47.9 Å². The summed E-state index contributed by atoms with van der Waals surface area (Å²) in [5.41, 5.74) is 3.94. The molecule has 2 heterocycles. The highest BCUT2D eigenvalue weighted by atomic mass is 16.2. The lowest BCUT2D eigenvalue weighted by molar-refractivity contribution is -0.121. The van der Waals surface area contributed by atoms with Crippen molar-refractivity contribution in [3.63, 3.8) is 0 Å². The standard InChI is InChI=1S/C25H32N4O2/c1-17(23(30)26-19-11-9-18(10-12-19)25(2,3)4)28-15-13-20(14-16-28)29-22-8-6-5-7-21(22)27-24(29)31/h5-12,17,20H,13-16H2,1-4H3,(H,26,30)(H,27,31)/t17-/m0/s1. The van der Waals surface area contributed by atoms with Crippen molar-refractivity contribution in [2.45, 2.75) is 58.0 Å². The number of carbonyl (C=O) groups is 1. The Morgan fingerprint density at radius 2 is 1.71 bits per heavy atom. The lowest BCUT2D eigenvalue weighted by atomic mass is 9.87. The molecular weight excluding hydrogens is 388 g/mol. The Bertz CT molecular complexity index is 1110. The maximum atomic E-state index is 12.8. The van der Waals surface area contributed by atoms with Crippen LogP contribution in [0.5, 0.6) is 0 Å². The van der Waals surface area contributed by atoms with Crippen molar-refractivity contribution in [1.82, 2.24) is 14.5 Å². The van der Waals surface area contributed by atoms with Gasteiger partial charge in [0.25, 0.3) is 0 Å². The Morgan fingerprint density at radius 1 is 1.06 bits per heavy atom. The van der Waals surface area contributed by atoms with Gasteiger partial charge in [-0.05, 0) is 55.0 Å². The van der Waals surface area contributed by atoms with E-state index in [1.165, 1.54) is 5.56 Å². The average Bonchev–Trinajstić information content (AvgIpc) is 3.08. The summed E-state index contributed by atoms with van der Waals surface area (Å²) < 4.78 is 1.88. The van der Waals surface area contributed by atoms with E-state index >= 15 is 0 Å². The molecule has 4 rings (SSSR count). The van der Waals surface area contributed by atoms with Gasteiger partial charge >= 0.3 is 5.69 Å². The van der Waals surface area contributed by atoms with Crippen LogP contribution in [0.2, 0.25) is 0 Å². The van der Waals surface area contributed by atoms with Crippen molar-refractivity contribution in [3.05, 3.63) is 64.6 Å². The first kappa shape index (κ1) is 21.4. The number of para-hydroxylation sites is 2. The summed E-state index contributed by atoms with van der Waals surface area (Å²) in [6, 6.07) is 15.8. The maximum Gasteiger partial charge on any atom is 0.326 e. The molecule has 0 bridgehead atoms. The fraction of sp³-hybridized carbons (Fsp3) is 0.440. The van der Waals surface area contributed by atoms with Gasteiger partial charge in [0.05, 0.1) is 17.1 Å². The minimum atomic E-state index is -0.220. The second-order valence-corrected chi connectivity index (χ2v) is 9.58. The summed E-state index contributed by atoms with van der Waals surface area (Å²) in [4.78, 5) is 30.5. The van der Waals surface area contributed by atoms with E-state index in [0.29, 0.717) is 0 Å². The Labute approximate surface area is 183 Å². The second kappa shape index (κ2) is 8.35. The third kappa shape index (κ3) is 4.44. The van der Waals surface area contributed by atoms with Crippen LogP contribution in [0.1, 0.15) is 52.1 Å². The van der Waals surface area contributed by atoms with Gasteiger partial charge in [0, 0.05) is 24.8 Å². The smallest absolute Gasteiger partial charge is 0.325 e. The van der Waals surface area contributed by atoms with E-state index in [2.05, 4.69) is 48.1 Å². The van der Waals surface area contributed by atoms with Crippen LogP contribution in [0.25, 0.3) is 11.0 Å². The molecule has 164 valence electrons. The number of aromatic amines is 1. The molecule has 0 radical (unpaired) electrons. The molecule has 0 spiro atoms. The van der Waals surface area contributed by atoms with Crippen LogP contribution in [-0.2, 0) is 10.2 Å². The molecule has 1 fully saturated rings. The van der Waals surface area contributed by atoms with Crippen LogP contribution >= 0.6 is 0 Å². The summed E-state index contributed by atoms with van der Waals surface area (Å²) >= 11 is 0. The summed E-state index contributed by atoms with van der Waals surface area (Å²) in [5, 5.41) is 3.05. The van der Waals surface area contributed by atoms with Crippen LogP contribution in [0.15, 0.2) is 53.3 Å². The molecule has 1 aliphatic rings. The van der Waals surface area contributed by atoms with Crippen LogP contribution in [0.4, 0.5) is 5.69 Å². The summed E-state index contributed by atoms with van der Waals surface area (Å²) in [5.74, 6) is 0.00576. The summed E-state index contributed by atoms with van der Waals surface area (Å²) in [7, 11) is 0. The first-order valence-corrected chi connectivity index (χ1v) is 11.1. The first-order chi connectivity index (χ1) is 14.7. The molecule has 1 aromatic heterocycles. The quantitative estimate of drug-likeness (QED) is 0.661. The number of nitrogens with one attached hydrogen (secondary N) is 2. The summed E-state index contributed by atoms with van der Waals surface area (Å²) in [6.07, 6.45) is 1.69. The number of hydrogen-bond acceptors (Lipinski definition) is 3. The first-order valence-electron chi connectivity index (χ1n) is 11.1. The second-order valence-electron chi connectivity index (χ2n) is 9.58. The van der Waals surface area contributed by atoms with Gasteiger partial charge in [-0.3, -0.25) is 14.3 Å². The van der Waals surface area contributed by atoms with Gasteiger partial charge in [0.15, 0.2) is 0 Å². The fourth-order valence-corrected chi connectivity index (χ4v) is 4.43. The zero-order chi connectivity index (χ0) is 22.2. The van der Waals surface area contributed by atoms with Crippen molar-refractivity contribution in [2.24, 2.45) is 0 Å². The highest BCUT2D eigenvalue weighted by molar-refractivity contribution is 5.94. The van der Waals surface area contributed by atoms with E-state index in [9.17, 15) is 9.59 Å². The number of piperidine rings is 1. The predicted octanol–water partition coefficient (Wildman–Crippen LogP) is 4.29. The van der Waals surface area contributed by atoms with Crippen LogP contribution in [-0.4, -0.2) is 39.5 Å². The van der Waals surface area contributed by atoms with Gasteiger partial charge in [0.1, 0.15) is 0 Å². The number of amides is 1. The average molecular weight is 421 g/mol. The van der Waals surface area contributed by atoms with E-state index in [0.717, 1.165) is 42.7 Å². The summed E-state index contributed by atoms with van der Waals surface area (Å²) in [6.45, 7) is 10.1. The van der Waals surface area contributed by atoms with Gasteiger partial charge in [-0.15, -0.1) is 0 Å². The van der Waals surface area contributed by atoms with Crippen LogP contribution in [0.3, 0.4) is 0 Å². The van der Waals surface area contributed by atoms with Crippen molar-refractivity contribution in [3.8, 4) is 0 Å². The molecule has 1 saturated heterocycles. The number of anilines is 1. The highest BCUT2D eigenvalue weighted by Crippen LogP contribution is 2.27. The van der Waals surface area contributed by atoms with E-state index < -0.39 is 0 Å². The molecule has 0 saturated carbocycles. The number of benzene rings is 2. The van der Waals surface area contributed by atoms with Crippen molar-refractivity contribution < 1.29 is 4.79 Å². The zero-order valence-electron chi connectivity index (χ0n) is 18.8. The number of carbonyl (C=O) groups excluding carboxylic acids is 1. The van der Waals surface area contributed by atoms with Crippen molar-refractivity contribution >= 4 is 22.6 Å². The largest absolute Gasteiger partial charge is 0.326 e. The van der Waals surface area contributed by atoms with Gasteiger partial charge < -0.3 is 10.3 Å². The Morgan fingerprint density at radius 3 is 2.35 bits per heavy atom. The Kier molecular flexibility index (Phi) is 5.75. The fourth-order valence-electron chi connectivity index (χ4n) is 4.43. The van der Waals surface area contributed by atoms with Gasteiger partial charge in [-0.25, -0.2) is 4.79 Å². The third-order valence-electron chi connectivity index (χ3n) is 6.43. The maximum absolute atomic E-state index is 12.8. The Hall–Kier alpha value is -2.86. The van der Waals surface area contributed by atoms with Gasteiger partial charge in [-0.1, -0.05) is 45.0 Å². The van der Waals surface area contributed by atoms with Crippen molar-refractivity contribution in [2.75, 3.05) is 18.4 Å². The molecule has 2 N–H and O–H groups in total. The molecule has 1 atom stereocenters. The van der Waals surface area contributed by atoms with Crippen molar-refractivity contribution in [1.29, 1.82) is 0 Å². The molecule has 2 aromatic carbocycles. The molecule has 0 unspecified atom stereocenters. The number of hydrogen-bond donors (Lipinski definition) is 2. The third-order valence-corrected chi connectivity index (χ3v) is 6.43. The van der Waals surface area contributed by atoms with Gasteiger partial charge in [-0.2, -0.15) is 0 Å². The lowest BCUT2D eigenvalue weighted by Crippen LogP contribution is -2.46. The number of likely N-dealkylation sites (tertiary alicyclic amines) is 1. The lowest BCUT2D eigenvalue weighted by Gasteiger charge is -2.35. The number of rotatable bonds is 4. The molecule has 1 amide bonds. The Balaban J connectivity index is 1.37. The van der Waals surface area contributed by atoms with E-state index in [4.69, 9.17) is 0 Å². The SMILES string of the molecule is C[C@@H](C(=O)Nc1ccc(C(C)(C)C)cc1)N1CCC(n2c(=O)[nH]c3ccccc32)CC1. The minimum Gasteiger partial charge on any atom is -0.325 e. The number of H-pyrrole nitrogens is 1. The molecule has 6 heteroatoms. The van der Waals surface area contributed by atoms with E-state index in [-0.39, 0.29) is 29.1 Å². The normalized spacial score (nSPS) is 17.0. The van der Waals surface area contributed by atoms with Gasteiger partial charge in [0.2, 0.25) is 5.91 Å².